The van der Waals surface area contributed by atoms with E-state index in [1.807, 2.05) is 6.92 Å². The summed E-state index contributed by atoms with van der Waals surface area (Å²) in [5, 5.41) is 4.99. The van der Waals surface area contributed by atoms with Crippen LogP contribution in [0.4, 0.5) is 14.6 Å². The zero-order valence-electron chi connectivity index (χ0n) is 14.7. The number of hydrogen-bond acceptors (Lipinski definition) is 6. The Kier molecular flexibility index (Phi) is 4.73. The summed E-state index contributed by atoms with van der Waals surface area (Å²) in [7, 11) is 0. The first-order valence-electron chi connectivity index (χ1n) is 8.58. The van der Waals surface area contributed by atoms with Crippen molar-refractivity contribution in [2.75, 3.05) is 31.1 Å². The number of carbonyl (C=O) groups excluding carboxylic acids is 1. The van der Waals surface area contributed by atoms with Gasteiger partial charge >= 0.3 is 0 Å². The van der Waals surface area contributed by atoms with Crippen molar-refractivity contribution in [1.29, 1.82) is 0 Å². The van der Waals surface area contributed by atoms with Gasteiger partial charge in [-0.25, -0.2) is 18.7 Å². The predicted molar refractivity (Wildman–Crippen MR) is 98.5 cm³/mol. The van der Waals surface area contributed by atoms with Gasteiger partial charge in [-0.05, 0) is 19.1 Å². The molecule has 0 aromatic carbocycles. The lowest BCUT2D eigenvalue weighted by Crippen LogP contribution is -2.49. The highest BCUT2D eigenvalue weighted by molar-refractivity contribution is 7.18. The van der Waals surface area contributed by atoms with Gasteiger partial charge in [0.15, 0.2) is 0 Å². The van der Waals surface area contributed by atoms with E-state index in [1.165, 1.54) is 17.1 Å². The third kappa shape index (κ3) is 3.61. The number of anilines is 1. The second-order valence-corrected chi connectivity index (χ2v) is 7.60. The summed E-state index contributed by atoms with van der Waals surface area (Å²) in [5.74, 6) is 0.652. The predicted octanol–water partition coefficient (Wildman–Crippen LogP) is 2.42. The van der Waals surface area contributed by atoms with Crippen molar-refractivity contribution in [3.63, 3.8) is 0 Å². The number of nitrogens with zero attached hydrogens (tertiary/aromatic N) is 6. The molecule has 4 heterocycles. The number of halogens is 2. The Labute approximate surface area is 158 Å². The Morgan fingerprint density at radius 2 is 2.04 bits per heavy atom. The van der Waals surface area contributed by atoms with Crippen LogP contribution in [0, 0.1) is 6.92 Å². The highest BCUT2D eigenvalue weighted by Gasteiger charge is 2.25. The van der Waals surface area contributed by atoms with Crippen molar-refractivity contribution < 1.29 is 13.6 Å². The molecule has 0 aliphatic carbocycles. The van der Waals surface area contributed by atoms with Gasteiger partial charge in [0.25, 0.3) is 12.3 Å². The summed E-state index contributed by atoms with van der Waals surface area (Å²) >= 11 is 1.63. The molecule has 1 fully saturated rings. The summed E-state index contributed by atoms with van der Waals surface area (Å²) in [6, 6.07) is 3.57. The first kappa shape index (κ1) is 17.8. The molecular formula is C17H18F2N6OS. The molecular weight excluding hydrogens is 374 g/mol. The molecule has 0 spiro atoms. The lowest BCUT2D eigenvalue weighted by Gasteiger charge is -2.35. The maximum absolute atomic E-state index is 12.6. The van der Waals surface area contributed by atoms with Crippen LogP contribution in [0.5, 0.6) is 0 Å². The number of carbonyl (C=O) groups is 1. The zero-order valence-corrected chi connectivity index (χ0v) is 15.5. The third-order valence-corrected chi connectivity index (χ3v) is 5.44. The molecule has 1 aliphatic rings. The fraction of sp³-hybridized carbons (Fsp3) is 0.412. The number of hydrogen-bond donors (Lipinski definition) is 0. The number of alkyl halides is 2. The molecule has 0 N–H and O–H groups in total. The minimum absolute atomic E-state index is 0.196. The van der Waals surface area contributed by atoms with Crippen LogP contribution < -0.4 is 4.90 Å². The van der Waals surface area contributed by atoms with Gasteiger partial charge in [-0.15, -0.1) is 11.3 Å². The molecule has 27 heavy (non-hydrogen) atoms. The molecule has 7 nitrogen and oxygen atoms in total. The van der Waals surface area contributed by atoms with Crippen LogP contribution >= 0.6 is 11.3 Å². The SMILES string of the molecule is Cc1cc2c(N3CCN(C(=O)c4ccn(CC(F)F)n4)CC3)ncnc2s1. The molecule has 3 aromatic heterocycles. The quantitative estimate of drug-likeness (QED) is 0.682. The first-order valence-corrected chi connectivity index (χ1v) is 9.40. The number of amides is 1. The average molecular weight is 392 g/mol. The van der Waals surface area contributed by atoms with Crippen molar-refractivity contribution in [1.82, 2.24) is 24.6 Å². The molecule has 0 atom stereocenters. The monoisotopic (exact) mass is 392 g/mol. The molecule has 142 valence electrons. The van der Waals surface area contributed by atoms with E-state index in [0.29, 0.717) is 26.2 Å². The van der Waals surface area contributed by atoms with Gasteiger partial charge in [-0.2, -0.15) is 5.10 Å². The van der Waals surface area contributed by atoms with E-state index >= 15 is 0 Å². The number of fused-ring (bicyclic) bond motifs is 1. The van der Waals surface area contributed by atoms with Gasteiger partial charge < -0.3 is 9.80 Å². The molecule has 1 amide bonds. The minimum Gasteiger partial charge on any atom is -0.352 e. The lowest BCUT2D eigenvalue weighted by atomic mass is 10.2. The average Bonchev–Trinajstić information content (AvgIpc) is 3.26. The maximum Gasteiger partial charge on any atom is 0.274 e. The summed E-state index contributed by atoms with van der Waals surface area (Å²) in [6.07, 6.45) is 0.481. The van der Waals surface area contributed by atoms with Crippen LogP contribution in [0.15, 0.2) is 24.7 Å². The number of thiophene rings is 1. The smallest absolute Gasteiger partial charge is 0.274 e. The van der Waals surface area contributed by atoms with Gasteiger partial charge in [0, 0.05) is 37.3 Å². The van der Waals surface area contributed by atoms with Crippen LogP contribution in [0.1, 0.15) is 15.4 Å². The standard InChI is InChI=1S/C17H18F2N6OS/c1-11-8-12-15(20-10-21-16(12)27-11)23-4-6-24(7-5-23)17(26)13-2-3-25(22-13)9-14(18)19/h2-3,8,10,14H,4-7,9H2,1H3. The molecule has 10 heteroatoms. The van der Waals surface area contributed by atoms with Crippen LogP contribution in [0.2, 0.25) is 0 Å². The number of aryl methyl sites for hydroxylation is 1. The van der Waals surface area contributed by atoms with Crippen molar-refractivity contribution in [3.8, 4) is 0 Å². The number of aromatic nitrogens is 4. The van der Waals surface area contributed by atoms with Crippen molar-refractivity contribution in [2.45, 2.75) is 19.9 Å². The van der Waals surface area contributed by atoms with E-state index in [-0.39, 0.29) is 11.6 Å². The van der Waals surface area contributed by atoms with E-state index in [0.717, 1.165) is 20.7 Å². The fourth-order valence-corrected chi connectivity index (χ4v) is 4.06. The number of piperazine rings is 1. The minimum atomic E-state index is -2.50. The Bertz CT molecular complexity index is 963. The van der Waals surface area contributed by atoms with Gasteiger partial charge in [0.2, 0.25) is 0 Å². The Morgan fingerprint density at radius 3 is 2.78 bits per heavy atom. The Hall–Kier alpha value is -2.62. The molecule has 0 unspecified atom stereocenters. The van der Waals surface area contributed by atoms with Gasteiger partial charge in [0.1, 0.15) is 29.2 Å². The molecule has 1 aliphatic heterocycles. The summed E-state index contributed by atoms with van der Waals surface area (Å²) in [4.78, 5) is 27.3. The molecule has 0 saturated carbocycles. The molecule has 1 saturated heterocycles. The van der Waals surface area contributed by atoms with Gasteiger partial charge in [-0.3, -0.25) is 9.48 Å². The fourth-order valence-electron chi connectivity index (χ4n) is 3.22. The van der Waals surface area contributed by atoms with Gasteiger partial charge in [-0.1, -0.05) is 0 Å². The normalized spacial score (nSPS) is 15.1. The second kappa shape index (κ2) is 7.18. The summed E-state index contributed by atoms with van der Waals surface area (Å²) < 4.78 is 26.0. The third-order valence-electron chi connectivity index (χ3n) is 4.48. The van der Waals surface area contributed by atoms with E-state index in [2.05, 4.69) is 26.0 Å². The number of rotatable bonds is 4. The van der Waals surface area contributed by atoms with E-state index in [4.69, 9.17) is 0 Å². The van der Waals surface area contributed by atoms with Crippen LogP contribution in [-0.4, -0.2) is 63.2 Å². The van der Waals surface area contributed by atoms with E-state index < -0.39 is 13.0 Å². The lowest BCUT2D eigenvalue weighted by molar-refractivity contribution is 0.0736. The van der Waals surface area contributed by atoms with Crippen LogP contribution in [0.25, 0.3) is 10.2 Å². The Balaban J connectivity index is 1.44. The first-order chi connectivity index (χ1) is 13.0. The summed E-state index contributed by atoms with van der Waals surface area (Å²) in [5.41, 5.74) is 0.196. The van der Waals surface area contributed by atoms with Crippen molar-refractivity contribution in [3.05, 3.63) is 35.2 Å². The van der Waals surface area contributed by atoms with Gasteiger partial charge in [0.05, 0.1) is 5.39 Å². The molecule has 0 bridgehead atoms. The van der Waals surface area contributed by atoms with Crippen LogP contribution in [0.3, 0.4) is 0 Å². The van der Waals surface area contributed by atoms with Crippen LogP contribution in [-0.2, 0) is 6.54 Å². The van der Waals surface area contributed by atoms with E-state index in [1.54, 1.807) is 22.6 Å². The molecule has 0 radical (unpaired) electrons. The highest BCUT2D eigenvalue weighted by Crippen LogP contribution is 2.30. The molecule has 4 rings (SSSR count). The van der Waals surface area contributed by atoms with Crippen molar-refractivity contribution >= 4 is 33.3 Å². The topological polar surface area (TPSA) is 67.2 Å². The second-order valence-electron chi connectivity index (χ2n) is 6.37. The van der Waals surface area contributed by atoms with Crippen molar-refractivity contribution in [2.24, 2.45) is 0 Å². The highest BCUT2D eigenvalue weighted by atomic mass is 32.1. The Morgan fingerprint density at radius 1 is 1.26 bits per heavy atom. The summed E-state index contributed by atoms with van der Waals surface area (Å²) in [6.45, 7) is 3.87. The maximum atomic E-state index is 12.6. The molecule has 3 aromatic rings. The largest absolute Gasteiger partial charge is 0.352 e. The zero-order chi connectivity index (χ0) is 19.0. The van der Waals surface area contributed by atoms with E-state index in [9.17, 15) is 13.6 Å².